The molecular formula is C15H30O2. The van der Waals surface area contributed by atoms with Gasteiger partial charge in [0.2, 0.25) is 0 Å². The Kier molecular flexibility index (Phi) is 5.94. The lowest BCUT2D eigenvalue weighted by Gasteiger charge is -2.35. The average molecular weight is 242 g/mol. The molecule has 1 heterocycles. The van der Waals surface area contributed by atoms with Gasteiger partial charge in [0.25, 0.3) is 0 Å². The SMILES string of the molecule is CC(C)CCCC(C)CC1OCC(C)(C)CO1. The van der Waals surface area contributed by atoms with E-state index in [-0.39, 0.29) is 11.7 Å². The van der Waals surface area contributed by atoms with Crippen LogP contribution >= 0.6 is 0 Å². The molecule has 0 radical (unpaired) electrons. The second kappa shape index (κ2) is 6.75. The molecule has 0 saturated carbocycles. The van der Waals surface area contributed by atoms with Gasteiger partial charge in [-0.15, -0.1) is 0 Å². The van der Waals surface area contributed by atoms with Crippen LogP contribution in [0.15, 0.2) is 0 Å². The monoisotopic (exact) mass is 242 g/mol. The van der Waals surface area contributed by atoms with Gasteiger partial charge in [0.1, 0.15) is 0 Å². The predicted molar refractivity (Wildman–Crippen MR) is 71.9 cm³/mol. The number of ether oxygens (including phenoxy) is 2. The molecule has 1 fully saturated rings. The van der Waals surface area contributed by atoms with Crippen LogP contribution in [0.3, 0.4) is 0 Å². The summed E-state index contributed by atoms with van der Waals surface area (Å²) in [6.07, 6.45) is 5.05. The standard InChI is InChI=1S/C15H30O2/c1-12(2)7-6-8-13(3)9-14-16-10-15(4,5)11-17-14/h12-14H,6-11H2,1-5H3. The Bertz CT molecular complexity index is 201. The summed E-state index contributed by atoms with van der Waals surface area (Å²) >= 11 is 0. The van der Waals surface area contributed by atoms with Gasteiger partial charge in [-0.2, -0.15) is 0 Å². The molecule has 2 heteroatoms. The third-order valence-corrected chi connectivity index (χ3v) is 3.39. The van der Waals surface area contributed by atoms with Gasteiger partial charge in [0, 0.05) is 11.8 Å². The molecule has 0 N–H and O–H groups in total. The molecule has 17 heavy (non-hydrogen) atoms. The first-order valence-corrected chi connectivity index (χ1v) is 7.12. The molecule has 0 aliphatic carbocycles. The molecule has 0 aromatic heterocycles. The summed E-state index contributed by atoms with van der Waals surface area (Å²) in [6.45, 7) is 12.9. The van der Waals surface area contributed by atoms with Crippen molar-refractivity contribution in [3.8, 4) is 0 Å². The van der Waals surface area contributed by atoms with Crippen molar-refractivity contribution in [2.45, 2.75) is 66.6 Å². The summed E-state index contributed by atoms with van der Waals surface area (Å²) in [6, 6.07) is 0. The summed E-state index contributed by atoms with van der Waals surface area (Å²) in [5, 5.41) is 0. The van der Waals surface area contributed by atoms with Gasteiger partial charge in [-0.3, -0.25) is 0 Å². The highest BCUT2D eigenvalue weighted by atomic mass is 16.7. The van der Waals surface area contributed by atoms with E-state index >= 15 is 0 Å². The summed E-state index contributed by atoms with van der Waals surface area (Å²) in [4.78, 5) is 0. The first-order valence-electron chi connectivity index (χ1n) is 7.12. The average Bonchev–Trinajstić information content (AvgIpc) is 2.21. The van der Waals surface area contributed by atoms with E-state index in [1.54, 1.807) is 0 Å². The summed E-state index contributed by atoms with van der Waals surface area (Å²) < 4.78 is 11.5. The topological polar surface area (TPSA) is 18.5 Å². The fourth-order valence-electron chi connectivity index (χ4n) is 2.18. The molecule has 0 aromatic rings. The van der Waals surface area contributed by atoms with Crippen molar-refractivity contribution in [1.29, 1.82) is 0 Å². The molecule has 102 valence electrons. The van der Waals surface area contributed by atoms with E-state index in [4.69, 9.17) is 9.47 Å². The Morgan fingerprint density at radius 1 is 1.06 bits per heavy atom. The molecule has 1 aliphatic rings. The second-order valence-electron chi connectivity index (χ2n) is 6.88. The van der Waals surface area contributed by atoms with Crippen LogP contribution in [0.5, 0.6) is 0 Å². The molecule has 1 unspecified atom stereocenters. The maximum atomic E-state index is 5.77. The molecular weight excluding hydrogens is 212 g/mol. The zero-order valence-corrected chi connectivity index (χ0v) is 12.3. The van der Waals surface area contributed by atoms with Crippen molar-refractivity contribution in [1.82, 2.24) is 0 Å². The van der Waals surface area contributed by atoms with E-state index in [1.165, 1.54) is 19.3 Å². The van der Waals surface area contributed by atoms with Crippen molar-refractivity contribution < 1.29 is 9.47 Å². The molecule has 0 amide bonds. The maximum absolute atomic E-state index is 5.77. The molecule has 0 bridgehead atoms. The van der Waals surface area contributed by atoms with Crippen LogP contribution in [-0.2, 0) is 9.47 Å². The molecule has 1 atom stereocenters. The van der Waals surface area contributed by atoms with Gasteiger partial charge in [0.05, 0.1) is 13.2 Å². The minimum absolute atomic E-state index is 0.0390. The van der Waals surface area contributed by atoms with Crippen molar-refractivity contribution in [2.75, 3.05) is 13.2 Å². The molecule has 0 aromatic carbocycles. The van der Waals surface area contributed by atoms with Crippen LogP contribution in [-0.4, -0.2) is 19.5 Å². The van der Waals surface area contributed by atoms with E-state index in [0.29, 0.717) is 5.92 Å². The second-order valence-corrected chi connectivity index (χ2v) is 6.88. The summed E-state index contributed by atoms with van der Waals surface area (Å²) in [5.41, 5.74) is 0.192. The van der Waals surface area contributed by atoms with Crippen LogP contribution in [0.2, 0.25) is 0 Å². The highest BCUT2D eigenvalue weighted by Crippen LogP contribution is 2.27. The molecule has 1 saturated heterocycles. The summed E-state index contributed by atoms with van der Waals surface area (Å²) in [7, 11) is 0. The van der Waals surface area contributed by atoms with Gasteiger partial charge in [-0.25, -0.2) is 0 Å². The van der Waals surface area contributed by atoms with Gasteiger partial charge >= 0.3 is 0 Å². The first-order chi connectivity index (χ1) is 7.89. The lowest BCUT2D eigenvalue weighted by molar-refractivity contribution is -0.227. The molecule has 1 rings (SSSR count). The fourth-order valence-corrected chi connectivity index (χ4v) is 2.18. The van der Waals surface area contributed by atoms with Gasteiger partial charge in [0.15, 0.2) is 6.29 Å². The Hall–Kier alpha value is -0.0800. The van der Waals surface area contributed by atoms with E-state index < -0.39 is 0 Å². The van der Waals surface area contributed by atoms with Crippen LogP contribution < -0.4 is 0 Å². The van der Waals surface area contributed by atoms with Gasteiger partial charge in [-0.05, 0) is 11.8 Å². The fraction of sp³-hybridized carbons (Fsp3) is 1.00. The number of hydrogen-bond acceptors (Lipinski definition) is 2. The molecule has 2 nitrogen and oxygen atoms in total. The lowest BCUT2D eigenvalue weighted by atomic mass is 9.94. The van der Waals surface area contributed by atoms with Crippen molar-refractivity contribution in [3.05, 3.63) is 0 Å². The Labute approximate surface area is 107 Å². The highest BCUT2D eigenvalue weighted by Gasteiger charge is 2.28. The van der Waals surface area contributed by atoms with Crippen LogP contribution in [0.25, 0.3) is 0 Å². The first kappa shape index (κ1) is 15.0. The lowest BCUT2D eigenvalue weighted by Crippen LogP contribution is -2.38. The van der Waals surface area contributed by atoms with Gasteiger partial charge in [-0.1, -0.05) is 53.9 Å². The van der Waals surface area contributed by atoms with Crippen molar-refractivity contribution >= 4 is 0 Å². The van der Waals surface area contributed by atoms with Crippen molar-refractivity contribution in [2.24, 2.45) is 17.3 Å². The highest BCUT2D eigenvalue weighted by molar-refractivity contribution is 4.72. The molecule has 0 spiro atoms. The predicted octanol–water partition coefficient (Wildman–Crippen LogP) is 4.24. The van der Waals surface area contributed by atoms with Crippen molar-refractivity contribution in [3.63, 3.8) is 0 Å². The third-order valence-electron chi connectivity index (χ3n) is 3.39. The Morgan fingerprint density at radius 3 is 2.18 bits per heavy atom. The quantitative estimate of drug-likeness (QED) is 0.693. The summed E-state index contributed by atoms with van der Waals surface area (Å²) in [5.74, 6) is 1.53. The van der Waals surface area contributed by atoms with E-state index in [9.17, 15) is 0 Å². The maximum Gasteiger partial charge on any atom is 0.157 e. The van der Waals surface area contributed by atoms with E-state index in [2.05, 4.69) is 34.6 Å². The number of hydrogen-bond donors (Lipinski definition) is 0. The zero-order chi connectivity index (χ0) is 12.9. The Morgan fingerprint density at radius 2 is 1.65 bits per heavy atom. The van der Waals surface area contributed by atoms with Crippen LogP contribution in [0, 0.1) is 17.3 Å². The van der Waals surface area contributed by atoms with Crippen LogP contribution in [0.4, 0.5) is 0 Å². The minimum atomic E-state index is 0.0390. The smallest absolute Gasteiger partial charge is 0.157 e. The number of rotatable bonds is 6. The molecule has 1 aliphatic heterocycles. The van der Waals surface area contributed by atoms with E-state index in [0.717, 1.165) is 25.6 Å². The van der Waals surface area contributed by atoms with E-state index in [1.807, 2.05) is 0 Å². The minimum Gasteiger partial charge on any atom is -0.352 e. The third kappa shape index (κ3) is 6.42. The van der Waals surface area contributed by atoms with Crippen LogP contribution in [0.1, 0.15) is 60.3 Å². The Balaban J connectivity index is 2.13. The van der Waals surface area contributed by atoms with Gasteiger partial charge < -0.3 is 9.47 Å². The largest absolute Gasteiger partial charge is 0.352 e. The normalized spacial score (nSPS) is 22.9. The zero-order valence-electron chi connectivity index (χ0n) is 12.3.